The minimum atomic E-state index is -0.511. The largest absolute Gasteiger partial charge is 0.394 e. The Morgan fingerprint density at radius 3 is 2.82 bits per heavy atom. The van der Waals surface area contributed by atoms with Crippen molar-refractivity contribution in [3.05, 3.63) is 0 Å². The highest BCUT2D eigenvalue weighted by atomic mass is 16.6. The Labute approximate surface area is 100 Å². The van der Waals surface area contributed by atoms with Crippen LogP contribution in [0.5, 0.6) is 0 Å². The smallest absolute Gasteiger partial charge is 0.254 e. The zero-order valence-corrected chi connectivity index (χ0v) is 10.0. The average molecular weight is 245 g/mol. The van der Waals surface area contributed by atoms with E-state index in [4.69, 9.17) is 19.3 Å². The number of amides is 1. The molecule has 98 valence electrons. The van der Waals surface area contributed by atoms with E-state index in [0.29, 0.717) is 33.0 Å². The molecule has 6 nitrogen and oxygen atoms in total. The number of ether oxygens (including phenoxy) is 3. The number of morpholine rings is 1. The predicted molar refractivity (Wildman–Crippen MR) is 58.6 cm³/mol. The molecule has 17 heavy (non-hydrogen) atoms. The molecular formula is C11H19NO5. The molecule has 1 amide bonds. The van der Waals surface area contributed by atoms with Gasteiger partial charge in [-0.25, -0.2) is 0 Å². The van der Waals surface area contributed by atoms with Gasteiger partial charge >= 0.3 is 0 Å². The van der Waals surface area contributed by atoms with E-state index >= 15 is 0 Å². The van der Waals surface area contributed by atoms with Crippen molar-refractivity contribution in [1.82, 2.24) is 4.90 Å². The summed E-state index contributed by atoms with van der Waals surface area (Å²) in [4.78, 5) is 13.9. The Bertz CT molecular complexity index is 267. The second kappa shape index (κ2) is 5.77. The number of rotatable bonds is 2. The van der Waals surface area contributed by atoms with E-state index in [1.54, 1.807) is 4.90 Å². The molecule has 2 saturated heterocycles. The van der Waals surface area contributed by atoms with Gasteiger partial charge in [0, 0.05) is 6.54 Å². The highest BCUT2D eigenvalue weighted by molar-refractivity contribution is 5.81. The maximum Gasteiger partial charge on any atom is 0.254 e. The highest BCUT2D eigenvalue weighted by Crippen LogP contribution is 2.15. The van der Waals surface area contributed by atoms with Crippen LogP contribution in [0.2, 0.25) is 0 Å². The number of carbonyl (C=O) groups excluding carboxylic acids is 1. The topological polar surface area (TPSA) is 68.2 Å². The Morgan fingerprint density at radius 2 is 2.18 bits per heavy atom. The van der Waals surface area contributed by atoms with Crippen LogP contribution in [0.4, 0.5) is 0 Å². The fourth-order valence-corrected chi connectivity index (χ4v) is 2.05. The van der Waals surface area contributed by atoms with Gasteiger partial charge in [-0.15, -0.1) is 0 Å². The average Bonchev–Trinajstić information content (AvgIpc) is 2.39. The molecule has 1 N–H and O–H groups in total. The lowest BCUT2D eigenvalue weighted by Gasteiger charge is -2.39. The van der Waals surface area contributed by atoms with Gasteiger partial charge in [0.1, 0.15) is 0 Å². The SMILES string of the molecule is CC1COC(CO)CN1C(=O)C1COCCO1. The zero-order chi connectivity index (χ0) is 12.3. The van der Waals surface area contributed by atoms with Crippen LogP contribution in [0.3, 0.4) is 0 Å². The van der Waals surface area contributed by atoms with E-state index in [0.717, 1.165) is 0 Å². The number of aliphatic hydroxyl groups is 1. The molecule has 0 aliphatic carbocycles. The fraction of sp³-hybridized carbons (Fsp3) is 0.909. The Balaban J connectivity index is 1.95. The van der Waals surface area contributed by atoms with Gasteiger partial charge in [0.2, 0.25) is 0 Å². The van der Waals surface area contributed by atoms with Crippen molar-refractivity contribution in [2.75, 3.05) is 39.6 Å². The van der Waals surface area contributed by atoms with Gasteiger partial charge in [0.25, 0.3) is 5.91 Å². The van der Waals surface area contributed by atoms with Crippen molar-refractivity contribution in [1.29, 1.82) is 0 Å². The molecule has 0 aromatic heterocycles. The van der Waals surface area contributed by atoms with E-state index in [2.05, 4.69) is 0 Å². The van der Waals surface area contributed by atoms with Gasteiger partial charge in [-0.1, -0.05) is 0 Å². The first-order valence-corrected chi connectivity index (χ1v) is 5.94. The van der Waals surface area contributed by atoms with Gasteiger partial charge in [-0.05, 0) is 6.92 Å². The second-order valence-electron chi connectivity index (χ2n) is 4.41. The van der Waals surface area contributed by atoms with Crippen LogP contribution in [0.15, 0.2) is 0 Å². The molecule has 0 spiro atoms. The first-order valence-electron chi connectivity index (χ1n) is 5.94. The van der Waals surface area contributed by atoms with Crippen LogP contribution in [0.25, 0.3) is 0 Å². The maximum atomic E-state index is 12.2. The third-order valence-corrected chi connectivity index (χ3v) is 3.08. The van der Waals surface area contributed by atoms with Crippen LogP contribution in [-0.4, -0.2) is 73.7 Å². The minimum Gasteiger partial charge on any atom is -0.394 e. The summed E-state index contributed by atoms with van der Waals surface area (Å²) in [5.74, 6) is -0.0704. The normalized spacial score (nSPS) is 34.7. The number of nitrogens with zero attached hydrogens (tertiary/aromatic N) is 1. The molecule has 2 fully saturated rings. The molecule has 0 bridgehead atoms. The van der Waals surface area contributed by atoms with Crippen molar-refractivity contribution in [2.24, 2.45) is 0 Å². The van der Waals surface area contributed by atoms with Crippen molar-refractivity contribution >= 4 is 5.91 Å². The summed E-state index contributed by atoms with van der Waals surface area (Å²) in [6, 6.07) is 0.0100. The number of aliphatic hydroxyl groups excluding tert-OH is 1. The van der Waals surface area contributed by atoms with E-state index in [1.165, 1.54) is 0 Å². The third kappa shape index (κ3) is 2.95. The highest BCUT2D eigenvalue weighted by Gasteiger charge is 2.34. The molecule has 3 atom stereocenters. The molecule has 0 aromatic rings. The molecule has 2 aliphatic rings. The molecule has 6 heteroatoms. The summed E-state index contributed by atoms with van der Waals surface area (Å²) in [6.07, 6.45) is -0.802. The summed E-state index contributed by atoms with van der Waals surface area (Å²) in [6.45, 7) is 4.03. The maximum absolute atomic E-state index is 12.2. The lowest BCUT2D eigenvalue weighted by molar-refractivity contribution is -0.170. The van der Waals surface area contributed by atoms with Crippen LogP contribution in [0, 0.1) is 0 Å². The molecule has 0 saturated carbocycles. The lowest BCUT2D eigenvalue weighted by Crippen LogP contribution is -2.56. The molecule has 2 aliphatic heterocycles. The van der Waals surface area contributed by atoms with E-state index in [-0.39, 0.29) is 24.7 Å². The summed E-state index contributed by atoms with van der Waals surface area (Å²) in [5.41, 5.74) is 0. The van der Waals surface area contributed by atoms with Crippen LogP contribution in [-0.2, 0) is 19.0 Å². The Morgan fingerprint density at radius 1 is 1.35 bits per heavy atom. The molecule has 3 unspecified atom stereocenters. The lowest BCUT2D eigenvalue weighted by atomic mass is 10.1. The molecular weight excluding hydrogens is 226 g/mol. The van der Waals surface area contributed by atoms with Crippen molar-refractivity contribution < 1.29 is 24.1 Å². The van der Waals surface area contributed by atoms with Crippen LogP contribution < -0.4 is 0 Å². The van der Waals surface area contributed by atoms with E-state index in [1.807, 2.05) is 6.92 Å². The van der Waals surface area contributed by atoms with E-state index < -0.39 is 6.10 Å². The molecule has 2 rings (SSSR count). The first kappa shape index (κ1) is 12.8. The third-order valence-electron chi connectivity index (χ3n) is 3.08. The van der Waals surface area contributed by atoms with Crippen molar-refractivity contribution in [3.63, 3.8) is 0 Å². The zero-order valence-electron chi connectivity index (χ0n) is 10.0. The monoisotopic (exact) mass is 245 g/mol. The van der Waals surface area contributed by atoms with Gasteiger partial charge < -0.3 is 24.2 Å². The number of hydrogen-bond donors (Lipinski definition) is 1. The molecule has 2 heterocycles. The quantitative estimate of drug-likeness (QED) is 0.676. The fourth-order valence-electron chi connectivity index (χ4n) is 2.05. The first-order chi connectivity index (χ1) is 8.22. The standard InChI is InChI=1S/C11H19NO5/c1-8-6-17-9(5-13)4-12(8)11(14)10-7-15-2-3-16-10/h8-10,13H,2-7H2,1H3. The van der Waals surface area contributed by atoms with Gasteiger partial charge in [0.05, 0.1) is 45.2 Å². The van der Waals surface area contributed by atoms with Gasteiger partial charge in [-0.2, -0.15) is 0 Å². The molecule has 0 radical (unpaired) electrons. The summed E-state index contributed by atoms with van der Waals surface area (Å²) >= 11 is 0. The predicted octanol–water partition coefficient (Wildman–Crippen LogP) is -0.990. The van der Waals surface area contributed by atoms with Crippen LogP contribution >= 0.6 is 0 Å². The second-order valence-corrected chi connectivity index (χ2v) is 4.41. The Hall–Kier alpha value is -0.690. The molecule has 0 aromatic carbocycles. The number of carbonyl (C=O) groups is 1. The summed E-state index contributed by atoms with van der Waals surface area (Å²) < 4.78 is 16.0. The van der Waals surface area contributed by atoms with E-state index in [9.17, 15) is 4.79 Å². The van der Waals surface area contributed by atoms with Gasteiger partial charge in [0.15, 0.2) is 6.10 Å². The van der Waals surface area contributed by atoms with Crippen molar-refractivity contribution in [2.45, 2.75) is 25.2 Å². The minimum absolute atomic E-state index is 0.0100. The Kier molecular flexibility index (Phi) is 4.33. The summed E-state index contributed by atoms with van der Waals surface area (Å²) in [5, 5.41) is 9.07. The summed E-state index contributed by atoms with van der Waals surface area (Å²) in [7, 11) is 0. The van der Waals surface area contributed by atoms with Crippen LogP contribution in [0.1, 0.15) is 6.92 Å². The van der Waals surface area contributed by atoms with Gasteiger partial charge in [-0.3, -0.25) is 4.79 Å². The number of hydrogen-bond acceptors (Lipinski definition) is 5. The van der Waals surface area contributed by atoms with Crippen molar-refractivity contribution in [3.8, 4) is 0 Å².